The van der Waals surface area contributed by atoms with E-state index in [0.717, 1.165) is 40.1 Å². The zero-order valence-electron chi connectivity index (χ0n) is 18.0. The fourth-order valence-corrected chi connectivity index (χ4v) is 4.80. The van der Waals surface area contributed by atoms with Gasteiger partial charge in [-0.15, -0.1) is 21.5 Å². The molecular formula is C23H24N6OS2. The van der Waals surface area contributed by atoms with Crippen LogP contribution >= 0.6 is 23.1 Å². The Morgan fingerprint density at radius 3 is 2.66 bits per heavy atom. The highest BCUT2D eigenvalue weighted by Crippen LogP contribution is 2.30. The van der Waals surface area contributed by atoms with E-state index in [-0.39, 0.29) is 5.91 Å². The van der Waals surface area contributed by atoms with Crippen LogP contribution in [0.1, 0.15) is 40.8 Å². The minimum atomic E-state index is -0.117. The van der Waals surface area contributed by atoms with Crippen LogP contribution in [-0.4, -0.2) is 37.2 Å². The maximum atomic E-state index is 12.2. The lowest BCUT2D eigenvalue weighted by molar-refractivity contribution is 0.0948. The van der Waals surface area contributed by atoms with Gasteiger partial charge in [0.05, 0.1) is 5.75 Å². The Kier molecular flexibility index (Phi) is 7.28. The van der Waals surface area contributed by atoms with Crippen LogP contribution in [0.3, 0.4) is 0 Å². The second-order valence-electron chi connectivity index (χ2n) is 7.24. The predicted octanol–water partition coefficient (Wildman–Crippen LogP) is 4.92. The van der Waals surface area contributed by atoms with Gasteiger partial charge in [0.15, 0.2) is 11.0 Å². The second-order valence-corrected chi connectivity index (χ2v) is 9.12. The first-order chi connectivity index (χ1) is 15.7. The molecule has 32 heavy (non-hydrogen) atoms. The molecule has 0 saturated carbocycles. The van der Waals surface area contributed by atoms with Crippen LogP contribution in [0.25, 0.3) is 17.1 Å². The Hall–Kier alpha value is -3.04. The number of aromatic nitrogens is 5. The van der Waals surface area contributed by atoms with E-state index in [4.69, 9.17) is 0 Å². The molecule has 0 fully saturated rings. The van der Waals surface area contributed by atoms with Crippen molar-refractivity contribution in [2.24, 2.45) is 0 Å². The molecule has 0 aliphatic heterocycles. The fraction of sp³-hybridized carbons (Fsp3) is 0.261. The summed E-state index contributed by atoms with van der Waals surface area (Å²) < 4.78 is 2.05. The SMILES string of the molecule is CCCCNC(=O)c1csc(CSc2nnc(-c3ccncc3)n2-c2ccc(C)cc2)n1. The summed E-state index contributed by atoms with van der Waals surface area (Å²) in [7, 11) is 0. The number of hydrogen-bond donors (Lipinski definition) is 1. The molecule has 0 unspecified atom stereocenters. The van der Waals surface area contributed by atoms with E-state index >= 15 is 0 Å². The highest BCUT2D eigenvalue weighted by molar-refractivity contribution is 7.98. The molecule has 0 saturated heterocycles. The van der Waals surface area contributed by atoms with Crippen LogP contribution in [0, 0.1) is 6.92 Å². The van der Waals surface area contributed by atoms with E-state index in [9.17, 15) is 4.79 Å². The van der Waals surface area contributed by atoms with Crippen molar-refractivity contribution in [2.75, 3.05) is 6.54 Å². The molecule has 3 heterocycles. The molecule has 7 nitrogen and oxygen atoms in total. The molecular weight excluding hydrogens is 440 g/mol. The predicted molar refractivity (Wildman–Crippen MR) is 128 cm³/mol. The molecule has 0 aliphatic carbocycles. The van der Waals surface area contributed by atoms with Crippen molar-refractivity contribution in [3.8, 4) is 17.1 Å². The molecule has 1 aromatic carbocycles. The molecule has 1 amide bonds. The number of rotatable bonds is 9. The minimum absolute atomic E-state index is 0.117. The normalized spacial score (nSPS) is 10.9. The summed E-state index contributed by atoms with van der Waals surface area (Å²) in [5, 5.41) is 15.3. The average Bonchev–Trinajstić information content (AvgIpc) is 3.46. The molecule has 164 valence electrons. The molecule has 4 rings (SSSR count). The number of thioether (sulfide) groups is 1. The summed E-state index contributed by atoms with van der Waals surface area (Å²) in [4.78, 5) is 20.8. The van der Waals surface area contributed by atoms with Crippen molar-refractivity contribution in [1.82, 2.24) is 30.0 Å². The number of carbonyl (C=O) groups excluding carboxylic acids is 1. The maximum Gasteiger partial charge on any atom is 0.270 e. The zero-order chi connectivity index (χ0) is 22.3. The van der Waals surface area contributed by atoms with Crippen LogP contribution in [0.15, 0.2) is 59.3 Å². The lowest BCUT2D eigenvalue weighted by atomic mass is 10.2. The highest BCUT2D eigenvalue weighted by atomic mass is 32.2. The van der Waals surface area contributed by atoms with E-state index in [1.807, 2.05) is 22.1 Å². The quantitative estimate of drug-likeness (QED) is 0.280. The number of hydrogen-bond acceptors (Lipinski definition) is 7. The molecule has 0 atom stereocenters. The molecule has 3 aromatic heterocycles. The first-order valence-electron chi connectivity index (χ1n) is 10.4. The van der Waals surface area contributed by atoms with E-state index in [1.54, 1.807) is 24.2 Å². The second kappa shape index (κ2) is 10.5. The minimum Gasteiger partial charge on any atom is -0.351 e. The van der Waals surface area contributed by atoms with Crippen molar-refractivity contribution < 1.29 is 4.79 Å². The summed E-state index contributed by atoms with van der Waals surface area (Å²) in [6.45, 7) is 4.84. The summed E-state index contributed by atoms with van der Waals surface area (Å²) in [6.07, 6.45) is 5.51. The topological polar surface area (TPSA) is 85.6 Å². The van der Waals surface area contributed by atoms with Gasteiger partial charge < -0.3 is 5.32 Å². The third-order valence-electron chi connectivity index (χ3n) is 4.79. The number of carbonyl (C=O) groups is 1. The summed E-state index contributed by atoms with van der Waals surface area (Å²) in [5.41, 5.74) is 3.60. The zero-order valence-corrected chi connectivity index (χ0v) is 19.6. The van der Waals surface area contributed by atoms with Crippen molar-refractivity contribution in [3.05, 3.63) is 70.4 Å². The van der Waals surface area contributed by atoms with Gasteiger partial charge in [-0.1, -0.05) is 42.8 Å². The Labute approximate surface area is 195 Å². The van der Waals surface area contributed by atoms with Gasteiger partial charge >= 0.3 is 0 Å². The first kappa shape index (κ1) is 22.2. The van der Waals surface area contributed by atoms with Crippen LogP contribution < -0.4 is 5.32 Å². The Bertz CT molecular complexity index is 1170. The van der Waals surface area contributed by atoms with Crippen molar-refractivity contribution >= 4 is 29.0 Å². The van der Waals surface area contributed by atoms with E-state index in [2.05, 4.69) is 63.6 Å². The number of benzene rings is 1. The Morgan fingerprint density at radius 2 is 1.91 bits per heavy atom. The molecule has 0 radical (unpaired) electrons. The summed E-state index contributed by atoms with van der Waals surface area (Å²) >= 11 is 3.04. The van der Waals surface area contributed by atoms with Crippen LogP contribution in [0.2, 0.25) is 0 Å². The van der Waals surface area contributed by atoms with Gasteiger partial charge in [0.25, 0.3) is 5.91 Å². The molecule has 9 heteroatoms. The molecule has 0 spiro atoms. The van der Waals surface area contributed by atoms with Crippen molar-refractivity contribution in [3.63, 3.8) is 0 Å². The van der Waals surface area contributed by atoms with Gasteiger partial charge in [0.1, 0.15) is 10.7 Å². The van der Waals surface area contributed by atoms with E-state index < -0.39 is 0 Å². The van der Waals surface area contributed by atoms with Gasteiger partial charge in [0, 0.05) is 35.6 Å². The van der Waals surface area contributed by atoms with E-state index in [1.165, 1.54) is 16.9 Å². The number of pyridine rings is 1. The Balaban J connectivity index is 1.55. The molecule has 0 aliphatic rings. The van der Waals surface area contributed by atoms with Crippen LogP contribution in [0.5, 0.6) is 0 Å². The number of thiazole rings is 1. The monoisotopic (exact) mass is 464 g/mol. The fourth-order valence-electron chi connectivity index (χ4n) is 3.05. The van der Waals surface area contributed by atoms with Crippen LogP contribution in [-0.2, 0) is 5.75 Å². The van der Waals surface area contributed by atoms with Crippen LogP contribution in [0.4, 0.5) is 0 Å². The maximum absolute atomic E-state index is 12.2. The average molecular weight is 465 g/mol. The lowest BCUT2D eigenvalue weighted by Gasteiger charge is -2.10. The molecule has 1 N–H and O–H groups in total. The summed E-state index contributed by atoms with van der Waals surface area (Å²) in [6, 6.07) is 12.1. The Morgan fingerprint density at radius 1 is 1.12 bits per heavy atom. The molecule has 0 bridgehead atoms. The molecule has 4 aromatic rings. The number of unbranched alkanes of at least 4 members (excludes halogenated alkanes) is 1. The van der Waals surface area contributed by atoms with Gasteiger partial charge in [0.2, 0.25) is 0 Å². The van der Waals surface area contributed by atoms with Gasteiger partial charge in [-0.2, -0.15) is 0 Å². The smallest absolute Gasteiger partial charge is 0.270 e. The van der Waals surface area contributed by atoms with Crippen molar-refractivity contribution in [2.45, 2.75) is 37.6 Å². The largest absolute Gasteiger partial charge is 0.351 e. The standard InChI is InChI=1S/C23H24N6OS2/c1-3-4-11-25-22(30)19-14-31-20(26-19)15-32-23-28-27-21(17-9-12-24-13-10-17)29(23)18-7-5-16(2)6-8-18/h5-10,12-14H,3-4,11,15H2,1-2H3,(H,25,30). The first-order valence-corrected chi connectivity index (χ1v) is 12.3. The van der Waals surface area contributed by atoms with Gasteiger partial charge in [-0.05, 0) is 37.6 Å². The highest BCUT2D eigenvalue weighted by Gasteiger charge is 2.17. The third kappa shape index (κ3) is 5.23. The number of nitrogens with zero attached hydrogens (tertiary/aromatic N) is 5. The van der Waals surface area contributed by atoms with E-state index in [0.29, 0.717) is 18.0 Å². The lowest BCUT2D eigenvalue weighted by Crippen LogP contribution is -2.24. The summed E-state index contributed by atoms with van der Waals surface area (Å²) in [5.74, 6) is 1.25. The number of nitrogens with one attached hydrogen (secondary N) is 1. The third-order valence-corrected chi connectivity index (χ3v) is 6.76. The van der Waals surface area contributed by atoms with Crippen molar-refractivity contribution in [1.29, 1.82) is 0 Å². The van der Waals surface area contributed by atoms with Gasteiger partial charge in [-0.3, -0.25) is 14.3 Å². The number of amides is 1. The van der Waals surface area contributed by atoms with Gasteiger partial charge in [-0.25, -0.2) is 4.98 Å². The number of aryl methyl sites for hydroxylation is 1.